The van der Waals surface area contributed by atoms with Crippen molar-refractivity contribution >= 4 is 15.9 Å². The first-order valence-corrected chi connectivity index (χ1v) is 7.46. The molecule has 2 nitrogen and oxygen atoms in total. The summed E-state index contributed by atoms with van der Waals surface area (Å²) in [6.07, 6.45) is 1.80. The van der Waals surface area contributed by atoms with Gasteiger partial charge < -0.3 is 10.0 Å². The molecule has 19 heavy (non-hydrogen) atoms. The minimum atomic E-state index is -0.477. The Hall–Kier alpha value is -0.450. The van der Waals surface area contributed by atoms with Gasteiger partial charge in [-0.05, 0) is 60.6 Å². The molecule has 0 bridgehead atoms. The van der Waals surface area contributed by atoms with Gasteiger partial charge in [0, 0.05) is 12.0 Å². The Morgan fingerprint density at radius 1 is 1.32 bits per heavy atom. The number of aliphatic hydroxyl groups excluding tert-OH is 1. The molecule has 0 saturated carbocycles. The Labute approximate surface area is 123 Å². The Kier molecular flexibility index (Phi) is 5.96. The van der Waals surface area contributed by atoms with Crippen LogP contribution in [0.1, 0.15) is 32.3 Å². The van der Waals surface area contributed by atoms with Crippen molar-refractivity contribution in [2.45, 2.75) is 44.8 Å². The van der Waals surface area contributed by atoms with E-state index in [1.54, 1.807) is 12.1 Å². The fraction of sp³-hybridized carbons (Fsp3) is 0.600. The number of nitrogens with zero attached hydrogens (tertiary/aromatic N) is 1. The molecular formula is C15H23BrFNO. The van der Waals surface area contributed by atoms with E-state index in [4.69, 9.17) is 0 Å². The third kappa shape index (κ3) is 3.56. The van der Waals surface area contributed by atoms with E-state index in [9.17, 15) is 9.50 Å². The van der Waals surface area contributed by atoms with Crippen LogP contribution in [0.3, 0.4) is 0 Å². The van der Waals surface area contributed by atoms with Gasteiger partial charge in [0.15, 0.2) is 0 Å². The average Bonchev–Trinajstić information content (AvgIpc) is 2.35. The smallest absolute Gasteiger partial charge is 0.137 e. The van der Waals surface area contributed by atoms with Crippen LogP contribution in [-0.4, -0.2) is 35.7 Å². The second kappa shape index (κ2) is 6.82. The Bertz CT molecular complexity index is 419. The molecule has 0 aliphatic rings. The molecule has 0 radical (unpaired) electrons. The standard InChI is InChI=1S/C15H23BrFNO/c1-5-15(6-2,18(3)4)14(19)10-11-7-8-13(17)12(16)9-11/h7-9,14,19H,5-6,10H2,1-4H3. The molecule has 0 aliphatic carbocycles. The van der Waals surface area contributed by atoms with Gasteiger partial charge in [-0.1, -0.05) is 19.9 Å². The van der Waals surface area contributed by atoms with Gasteiger partial charge in [-0.15, -0.1) is 0 Å². The fourth-order valence-electron chi connectivity index (χ4n) is 2.73. The third-order valence-electron chi connectivity index (χ3n) is 4.15. The van der Waals surface area contributed by atoms with Crippen molar-refractivity contribution in [2.24, 2.45) is 0 Å². The lowest BCUT2D eigenvalue weighted by Crippen LogP contribution is -2.53. The second-order valence-electron chi connectivity index (χ2n) is 5.17. The second-order valence-corrected chi connectivity index (χ2v) is 6.03. The number of aliphatic hydroxyl groups is 1. The third-order valence-corrected chi connectivity index (χ3v) is 4.76. The zero-order valence-corrected chi connectivity index (χ0v) is 13.7. The Morgan fingerprint density at radius 3 is 2.32 bits per heavy atom. The number of hydrogen-bond acceptors (Lipinski definition) is 2. The Balaban J connectivity index is 2.93. The van der Waals surface area contributed by atoms with Crippen LogP contribution < -0.4 is 0 Å². The minimum Gasteiger partial charge on any atom is -0.391 e. The first kappa shape index (κ1) is 16.6. The number of hydrogen-bond donors (Lipinski definition) is 1. The van der Waals surface area contributed by atoms with E-state index >= 15 is 0 Å². The number of likely N-dealkylation sites (N-methyl/N-ethyl adjacent to an activating group) is 1. The molecule has 0 fully saturated rings. The van der Waals surface area contributed by atoms with Gasteiger partial charge in [-0.25, -0.2) is 4.39 Å². The normalized spacial score (nSPS) is 13.9. The van der Waals surface area contributed by atoms with Gasteiger partial charge >= 0.3 is 0 Å². The van der Waals surface area contributed by atoms with Crippen LogP contribution in [0.4, 0.5) is 4.39 Å². The number of benzene rings is 1. The van der Waals surface area contributed by atoms with Crippen molar-refractivity contribution < 1.29 is 9.50 Å². The van der Waals surface area contributed by atoms with E-state index < -0.39 is 6.10 Å². The van der Waals surface area contributed by atoms with Crippen molar-refractivity contribution in [3.63, 3.8) is 0 Å². The SMILES string of the molecule is CCC(CC)(C(O)Cc1ccc(F)c(Br)c1)N(C)C. The fourth-order valence-corrected chi connectivity index (χ4v) is 3.16. The summed E-state index contributed by atoms with van der Waals surface area (Å²) in [5.41, 5.74) is 0.704. The number of halogens is 2. The van der Waals surface area contributed by atoms with Crippen LogP contribution in [0.25, 0.3) is 0 Å². The summed E-state index contributed by atoms with van der Waals surface area (Å²) in [5, 5.41) is 10.6. The zero-order chi connectivity index (χ0) is 14.6. The van der Waals surface area contributed by atoms with Crippen LogP contribution in [-0.2, 0) is 6.42 Å². The molecule has 1 atom stereocenters. The summed E-state index contributed by atoms with van der Waals surface area (Å²) in [6, 6.07) is 4.90. The van der Waals surface area contributed by atoms with E-state index in [-0.39, 0.29) is 11.4 Å². The molecule has 0 amide bonds. The molecule has 108 valence electrons. The lowest BCUT2D eigenvalue weighted by Gasteiger charge is -2.42. The summed E-state index contributed by atoms with van der Waals surface area (Å²) in [5.74, 6) is -0.275. The van der Waals surface area contributed by atoms with E-state index in [0.717, 1.165) is 18.4 Å². The van der Waals surface area contributed by atoms with Crippen LogP contribution in [0, 0.1) is 5.82 Å². The summed E-state index contributed by atoms with van der Waals surface area (Å²) in [6.45, 7) is 4.18. The molecule has 0 saturated heterocycles. The average molecular weight is 332 g/mol. The van der Waals surface area contributed by atoms with Gasteiger partial charge in [-0.2, -0.15) is 0 Å². The largest absolute Gasteiger partial charge is 0.391 e. The molecule has 0 aromatic heterocycles. The minimum absolute atomic E-state index is 0.235. The quantitative estimate of drug-likeness (QED) is 0.860. The zero-order valence-electron chi connectivity index (χ0n) is 12.1. The van der Waals surface area contributed by atoms with Gasteiger partial charge in [0.2, 0.25) is 0 Å². The van der Waals surface area contributed by atoms with Gasteiger partial charge in [-0.3, -0.25) is 0 Å². The van der Waals surface area contributed by atoms with E-state index in [0.29, 0.717) is 10.9 Å². The van der Waals surface area contributed by atoms with Crippen molar-refractivity contribution in [1.82, 2.24) is 4.90 Å². The van der Waals surface area contributed by atoms with Crippen molar-refractivity contribution in [1.29, 1.82) is 0 Å². The first-order chi connectivity index (χ1) is 8.87. The van der Waals surface area contributed by atoms with Crippen LogP contribution in [0.5, 0.6) is 0 Å². The molecule has 0 spiro atoms. The van der Waals surface area contributed by atoms with E-state index in [2.05, 4.69) is 34.7 Å². The van der Waals surface area contributed by atoms with Crippen molar-refractivity contribution in [3.05, 3.63) is 34.1 Å². The maximum Gasteiger partial charge on any atom is 0.137 e. The molecule has 0 heterocycles. The highest BCUT2D eigenvalue weighted by atomic mass is 79.9. The Morgan fingerprint density at radius 2 is 1.89 bits per heavy atom. The topological polar surface area (TPSA) is 23.5 Å². The maximum absolute atomic E-state index is 13.2. The summed E-state index contributed by atoms with van der Waals surface area (Å²) >= 11 is 3.18. The predicted molar refractivity (Wildman–Crippen MR) is 80.8 cm³/mol. The lowest BCUT2D eigenvalue weighted by molar-refractivity contribution is -0.0125. The maximum atomic E-state index is 13.2. The molecule has 1 aromatic carbocycles. The lowest BCUT2D eigenvalue weighted by atomic mass is 9.82. The summed E-state index contributed by atoms with van der Waals surface area (Å²) in [4.78, 5) is 2.09. The summed E-state index contributed by atoms with van der Waals surface area (Å²) in [7, 11) is 3.99. The van der Waals surface area contributed by atoms with Gasteiger partial charge in [0.1, 0.15) is 5.82 Å². The van der Waals surface area contributed by atoms with Crippen molar-refractivity contribution in [3.8, 4) is 0 Å². The molecule has 4 heteroatoms. The highest BCUT2D eigenvalue weighted by molar-refractivity contribution is 9.10. The van der Waals surface area contributed by atoms with Crippen molar-refractivity contribution in [2.75, 3.05) is 14.1 Å². The van der Waals surface area contributed by atoms with E-state index in [1.807, 2.05) is 14.1 Å². The van der Waals surface area contributed by atoms with Gasteiger partial charge in [0.05, 0.1) is 10.6 Å². The number of rotatable bonds is 6. The summed E-state index contributed by atoms with van der Waals surface area (Å²) < 4.78 is 13.7. The first-order valence-electron chi connectivity index (χ1n) is 6.66. The highest BCUT2D eigenvalue weighted by Crippen LogP contribution is 2.28. The molecule has 1 N–H and O–H groups in total. The predicted octanol–water partition coefficient (Wildman–Crippen LogP) is 3.61. The van der Waals surface area contributed by atoms with Crippen LogP contribution >= 0.6 is 15.9 Å². The van der Waals surface area contributed by atoms with E-state index in [1.165, 1.54) is 6.07 Å². The van der Waals surface area contributed by atoms with Crippen LogP contribution in [0.2, 0.25) is 0 Å². The molecular weight excluding hydrogens is 309 g/mol. The molecule has 1 aromatic rings. The molecule has 0 aliphatic heterocycles. The van der Waals surface area contributed by atoms with Gasteiger partial charge in [0.25, 0.3) is 0 Å². The molecule has 1 unspecified atom stereocenters. The molecule has 1 rings (SSSR count). The monoisotopic (exact) mass is 331 g/mol. The highest BCUT2D eigenvalue weighted by Gasteiger charge is 2.36. The van der Waals surface area contributed by atoms with Crippen LogP contribution in [0.15, 0.2) is 22.7 Å².